The molecule has 1 fully saturated rings. The summed E-state index contributed by atoms with van der Waals surface area (Å²) >= 11 is 3.36. The van der Waals surface area contributed by atoms with Gasteiger partial charge in [0.05, 0.1) is 18.4 Å². The summed E-state index contributed by atoms with van der Waals surface area (Å²) in [7, 11) is 0. The Morgan fingerprint density at radius 1 is 1.61 bits per heavy atom. The van der Waals surface area contributed by atoms with Crippen LogP contribution in [0.2, 0.25) is 0 Å². The van der Waals surface area contributed by atoms with Crippen LogP contribution in [0.15, 0.2) is 28.1 Å². The zero-order valence-corrected chi connectivity index (χ0v) is 12.2. The van der Waals surface area contributed by atoms with Gasteiger partial charge in [0, 0.05) is 5.54 Å². The van der Waals surface area contributed by atoms with Crippen LogP contribution < -0.4 is 10.9 Å². The molecule has 1 aliphatic carbocycles. The molecule has 5 heteroatoms. The second-order valence-corrected chi connectivity index (χ2v) is 5.83. The van der Waals surface area contributed by atoms with Gasteiger partial charge in [0.15, 0.2) is 0 Å². The lowest BCUT2D eigenvalue weighted by atomic mass is 10.0. The molecule has 18 heavy (non-hydrogen) atoms. The molecule has 0 aliphatic heterocycles. The highest BCUT2D eigenvalue weighted by molar-refractivity contribution is 9.10. The summed E-state index contributed by atoms with van der Waals surface area (Å²) in [6, 6.07) is 0. The number of hydrogen-bond donors (Lipinski definition) is 1. The summed E-state index contributed by atoms with van der Waals surface area (Å²) < 4.78 is 1.94. The van der Waals surface area contributed by atoms with Crippen molar-refractivity contribution >= 4 is 21.6 Å². The van der Waals surface area contributed by atoms with E-state index in [1.807, 2.05) is 0 Å². The molecule has 0 aromatic carbocycles. The minimum atomic E-state index is -0.124. The summed E-state index contributed by atoms with van der Waals surface area (Å²) in [4.78, 5) is 12.0. The standard InChI is InChI=1S/C13H18BrN3O/c1-3-8-17-12(18)11(14)10(9-15-17)16-13(2)6-4-5-7-13/h3,9,16H,1,4-8H2,2H3. The lowest BCUT2D eigenvalue weighted by Crippen LogP contribution is -2.33. The summed E-state index contributed by atoms with van der Waals surface area (Å²) in [5.41, 5.74) is 0.743. The molecule has 1 saturated carbocycles. The molecule has 0 radical (unpaired) electrons. The smallest absolute Gasteiger partial charge is 0.283 e. The predicted octanol–water partition coefficient (Wildman–Crippen LogP) is 2.94. The van der Waals surface area contributed by atoms with Crippen LogP contribution in [0.4, 0.5) is 5.69 Å². The molecule has 1 aromatic heterocycles. The highest BCUT2D eigenvalue weighted by Gasteiger charge is 2.29. The van der Waals surface area contributed by atoms with Gasteiger partial charge < -0.3 is 5.32 Å². The average Bonchev–Trinajstić information content (AvgIpc) is 2.76. The minimum Gasteiger partial charge on any atom is -0.378 e. The monoisotopic (exact) mass is 311 g/mol. The number of anilines is 1. The highest BCUT2D eigenvalue weighted by Crippen LogP contribution is 2.33. The van der Waals surface area contributed by atoms with E-state index < -0.39 is 0 Å². The lowest BCUT2D eigenvalue weighted by molar-refractivity contribution is 0.530. The van der Waals surface area contributed by atoms with E-state index in [1.54, 1.807) is 12.3 Å². The van der Waals surface area contributed by atoms with E-state index in [0.29, 0.717) is 11.0 Å². The number of nitrogens with one attached hydrogen (secondary N) is 1. The van der Waals surface area contributed by atoms with Gasteiger partial charge in [0.1, 0.15) is 4.47 Å². The summed E-state index contributed by atoms with van der Waals surface area (Å²) in [6.07, 6.45) is 8.11. The average molecular weight is 312 g/mol. The van der Waals surface area contributed by atoms with E-state index in [0.717, 1.165) is 18.5 Å². The quantitative estimate of drug-likeness (QED) is 0.870. The summed E-state index contributed by atoms with van der Waals surface area (Å²) in [6.45, 7) is 6.23. The van der Waals surface area contributed by atoms with Gasteiger partial charge in [-0.25, -0.2) is 4.68 Å². The number of halogens is 1. The van der Waals surface area contributed by atoms with Gasteiger partial charge in [0.2, 0.25) is 0 Å². The third kappa shape index (κ3) is 2.66. The van der Waals surface area contributed by atoms with Gasteiger partial charge in [0.25, 0.3) is 5.56 Å². The van der Waals surface area contributed by atoms with Crippen molar-refractivity contribution in [1.82, 2.24) is 9.78 Å². The van der Waals surface area contributed by atoms with Crippen LogP contribution in [0.1, 0.15) is 32.6 Å². The summed E-state index contributed by atoms with van der Waals surface area (Å²) in [5, 5.41) is 7.59. The van der Waals surface area contributed by atoms with Gasteiger partial charge in [-0.2, -0.15) is 5.10 Å². The summed E-state index contributed by atoms with van der Waals surface area (Å²) in [5.74, 6) is 0. The molecule has 1 heterocycles. The van der Waals surface area contributed by atoms with Gasteiger partial charge >= 0.3 is 0 Å². The molecule has 1 N–H and O–H groups in total. The third-order valence-electron chi connectivity index (χ3n) is 3.43. The van der Waals surface area contributed by atoms with Gasteiger partial charge in [-0.3, -0.25) is 4.79 Å². The molecule has 0 spiro atoms. The van der Waals surface area contributed by atoms with Gasteiger partial charge in [-0.15, -0.1) is 6.58 Å². The first kappa shape index (κ1) is 13.3. The van der Waals surface area contributed by atoms with E-state index >= 15 is 0 Å². The topological polar surface area (TPSA) is 46.9 Å². The Morgan fingerprint density at radius 3 is 2.89 bits per heavy atom. The van der Waals surface area contributed by atoms with Crippen molar-refractivity contribution < 1.29 is 0 Å². The maximum atomic E-state index is 12.0. The fourth-order valence-corrected chi connectivity index (χ4v) is 2.82. The van der Waals surface area contributed by atoms with Crippen LogP contribution in [0, 0.1) is 0 Å². The molecule has 0 amide bonds. The van der Waals surface area contributed by atoms with Crippen LogP contribution in [-0.4, -0.2) is 15.3 Å². The molecule has 1 aliphatic rings. The van der Waals surface area contributed by atoms with E-state index in [-0.39, 0.29) is 11.1 Å². The lowest BCUT2D eigenvalue weighted by Gasteiger charge is -2.27. The van der Waals surface area contributed by atoms with Crippen molar-refractivity contribution in [3.63, 3.8) is 0 Å². The Labute approximate surface area is 115 Å². The number of aromatic nitrogens is 2. The number of rotatable bonds is 4. The van der Waals surface area contributed by atoms with Crippen molar-refractivity contribution in [3.05, 3.63) is 33.7 Å². The maximum Gasteiger partial charge on any atom is 0.283 e. The van der Waals surface area contributed by atoms with Crippen molar-refractivity contribution in [2.75, 3.05) is 5.32 Å². The van der Waals surface area contributed by atoms with E-state index in [1.165, 1.54) is 17.5 Å². The van der Waals surface area contributed by atoms with Crippen LogP contribution in [0.5, 0.6) is 0 Å². The predicted molar refractivity (Wildman–Crippen MR) is 76.9 cm³/mol. The van der Waals surface area contributed by atoms with Crippen LogP contribution >= 0.6 is 15.9 Å². The van der Waals surface area contributed by atoms with Crippen LogP contribution in [0.25, 0.3) is 0 Å². The molecular weight excluding hydrogens is 294 g/mol. The normalized spacial score (nSPS) is 17.7. The van der Waals surface area contributed by atoms with Gasteiger partial charge in [-0.05, 0) is 35.7 Å². The first-order valence-corrected chi connectivity index (χ1v) is 7.00. The molecule has 1 aromatic rings. The second kappa shape index (κ2) is 5.26. The SMILES string of the molecule is C=CCn1ncc(NC2(C)CCCC2)c(Br)c1=O. The van der Waals surface area contributed by atoms with E-state index in [2.05, 4.69) is 39.8 Å². The van der Waals surface area contributed by atoms with E-state index in [9.17, 15) is 4.79 Å². The van der Waals surface area contributed by atoms with Crippen molar-refractivity contribution in [2.24, 2.45) is 0 Å². The Morgan fingerprint density at radius 2 is 2.28 bits per heavy atom. The maximum absolute atomic E-state index is 12.0. The van der Waals surface area contributed by atoms with Crippen molar-refractivity contribution in [2.45, 2.75) is 44.7 Å². The Hall–Kier alpha value is -1.10. The minimum absolute atomic E-state index is 0.0846. The highest BCUT2D eigenvalue weighted by atomic mass is 79.9. The number of nitrogens with zero attached hydrogens (tertiary/aromatic N) is 2. The zero-order chi connectivity index (χ0) is 13.2. The molecule has 0 unspecified atom stereocenters. The Kier molecular flexibility index (Phi) is 3.90. The molecule has 98 valence electrons. The van der Waals surface area contributed by atoms with Gasteiger partial charge in [-0.1, -0.05) is 18.9 Å². The number of allylic oxidation sites excluding steroid dienone is 1. The molecule has 0 bridgehead atoms. The van der Waals surface area contributed by atoms with Crippen molar-refractivity contribution in [1.29, 1.82) is 0 Å². The second-order valence-electron chi connectivity index (χ2n) is 5.04. The first-order valence-electron chi connectivity index (χ1n) is 6.20. The fourth-order valence-electron chi connectivity index (χ4n) is 2.41. The third-order valence-corrected chi connectivity index (χ3v) is 4.20. The fraction of sp³-hybridized carbons (Fsp3) is 0.538. The first-order chi connectivity index (χ1) is 8.56. The van der Waals surface area contributed by atoms with Crippen molar-refractivity contribution in [3.8, 4) is 0 Å². The van der Waals surface area contributed by atoms with Crippen LogP contribution in [-0.2, 0) is 6.54 Å². The van der Waals surface area contributed by atoms with E-state index in [4.69, 9.17) is 0 Å². The van der Waals surface area contributed by atoms with Crippen LogP contribution in [0.3, 0.4) is 0 Å². The largest absolute Gasteiger partial charge is 0.378 e. The number of hydrogen-bond acceptors (Lipinski definition) is 3. The molecule has 4 nitrogen and oxygen atoms in total. The Balaban J connectivity index is 2.27. The molecule has 2 rings (SSSR count). The Bertz CT molecular complexity index is 503. The molecule has 0 saturated heterocycles. The zero-order valence-electron chi connectivity index (χ0n) is 10.6. The molecule has 0 atom stereocenters. The molecular formula is C13H18BrN3O.